The lowest BCUT2D eigenvalue weighted by Crippen LogP contribution is -2.20. The molecule has 2 aromatic heterocycles. The van der Waals surface area contributed by atoms with Crippen LogP contribution in [-0.2, 0) is 13.1 Å². The maximum absolute atomic E-state index is 14.2. The molecule has 10 heteroatoms. The topological polar surface area (TPSA) is 59.7 Å². The fourth-order valence-electron chi connectivity index (χ4n) is 3.56. The fraction of sp³-hybridized carbons (Fsp3) is 0.208. The number of rotatable bonds is 6. The molecule has 6 nitrogen and oxygen atoms in total. The van der Waals surface area contributed by atoms with Gasteiger partial charge in [0.05, 0.1) is 34.6 Å². The summed E-state index contributed by atoms with van der Waals surface area (Å²) in [6.07, 6.45) is 1.90. The Hall–Kier alpha value is -2.75. The number of anilines is 2. The molecule has 0 spiro atoms. The maximum Gasteiger partial charge on any atom is 0.176 e. The van der Waals surface area contributed by atoms with Gasteiger partial charge in [-0.15, -0.1) is 0 Å². The van der Waals surface area contributed by atoms with Crippen molar-refractivity contribution in [3.8, 4) is 0 Å². The summed E-state index contributed by atoms with van der Waals surface area (Å²) in [4.78, 5) is 0. The van der Waals surface area contributed by atoms with Gasteiger partial charge in [0.1, 0.15) is 5.82 Å². The second kappa shape index (κ2) is 10.2. The lowest BCUT2D eigenvalue weighted by atomic mass is 10.1. The Balaban J connectivity index is 1.45. The van der Waals surface area contributed by atoms with Gasteiger partial charge in [-0.3, -0.25) is 9.36 Å². The normalized spacial score (nSPS) is 11.0. The molecule has 0 aliphatic heterocycles. The highest BCUT2D eigenvalue weighted by atomic mass is 79.9. The van der Waals surface area contributed by atoms with Crippen molar-refractivity contribution >= 4 is 56.4 Å². The molecule has 34 heavy (non-hydrogen) atoms. The summed E-state index contributed by atoms with van der Waals surface area (Å²) in [6.45, 7) is 6.68. The fourth-order valence-corrected chi connectivity index (χ4v) is 4.40. The van der Waals surface area contributed by atoms with Crippen molar-refractivity contribution in [3.63, 3.8) is 0 Å². The molecular formula is C24H23BrClFN6S. The van der Waals surface area contributed by atoms with Gasteiger partial charge in [-0.2, -0.15) is 10.2 Å². The number of aryl methyl sites for hydroxylation is 2. The van der Waals surface area contributed by atoms with Crippen LogP contribution in [-0.4, -0.2) is 24.7 Å². The van der Waals surface area contributed by atoms with Crippen LogP contribution in [0.3, 0.4) is 0 Å². The summed E-state index contributed by atoms with van der Waals surface area (Å²) in [6, 6.07) is 13.0. The molecule has 0 saturated heterocycles. The van der Waals surface area contributed by atoms with E-state index < -0.39 is 0 Å². The standard InChI is InChI=1S/C24H23BrClFN6S/c1-14-7-9-17(10-8-14)11-32-13-19(25)23(31-32)29-24(34)28-22-15(2)30-33(16(22)3)12-18-20(26)5-4-6-21(18)27/h4-10,13H,11-12H2,1-3H3,(H2,28,29,31,34). The summed E-state index contributed by atoms with van der Waals surface area (Å²) in [5.74, 6) is 0.239. The van der Waals surface area contributed by atoms with Crippen molar-refractivity contribution in [2.45, 2.75) is 33.9 Å². The quantitative estimate of drug-likeness (QED) is 0.264. The number of thiocarbonyl (C=S) groups is 1. The van der Waals surface area contributed by atoms with E-state index in [0.717, 1.165) is 27.1 Å². The van der Waals surface area contributed by atoms with E-state index in [1.54, 1.807) is 16.8 Å². The second-order valence-electron chi connectivity index (χ2n) is 7.99. The average Bonchev–Trinajstić information content (AvgIpc) is 3.25. The van der Waals surface area contributed by atoms with Crippen LogP contribution >= 0.6 is 39.7 Å². The molecule has 0 radical (unpaired) electrons. The summed E-state index contributed by atoms with van der Waals surface area (Å²) < 4.78 is 18.6. The largest absolute Gasteiger partial charge is 0.329 e. The van der Waals surface area contributed by atoms with Gasteiger partial charge in [-0.05, 0) is 66.6 Å². The predicted molar refractivity (Wildman–Crippen MR) is 142 cm³/mol. The van der Waals surface area contributed by atoms with Crippen LogP contribution in [0.5, 0.6) is 0 Å². The molecule has 0 saturated carbocycles. The maximum atomic E-state index is 14.2. The van der Waals surface area contributed by atoms with E-state index in [-0.39, 0.29) is 12.4 Å². The second-order valence-corrected chi connectivity index (χ2v) is 9.66. The molecule has 0 amide bonds. The lowest BCUT2D eigenvalue weighted by molar-refractivity contribution is 0.579. The lowest BCUT2D eigenvalue weighted by Gasteiger charge is -2.11. The SMILES string of the molecule is Cc1ccc(Cn2cc(Br)c(NC(=S)Nc3c(C)nn(Cc4c(F)cccc4Cl)c3C)n2)cc1. The molecule has 176 valence electrons. The van der Waals surface area contributed by atoms with Crippen LogP contribution in [0, 0.1) is 26.6 Å². The third-order valence-electron chi connectivity index (χ3n) is 5.40. The number of nitrogens with one attached hydrogen (secondary N) is 2. The molecule has 0 bridgehead atoms. The number of aromatic nitrogens is 4. The van der Waals surface area contributed by atoms with Crippen LogP contribution < -0.4 is 10.6 Å². The Bertz CT molecular complexity index is 1330. The summed E-state index contributed by atoms with van der Waals surface area (Å²) in [5.41, 5.74) is 5.06. The van der Waals surface area contributed by atoms with E-state index in [1.807, 2.05) is 24.7 Å². The monoisotopic (exact) mass is 560 g/mol. The number of nitrogens with zero attached hydrogens (tertiary/aromatic N) is 4. The molecule has 4 aromatic rings. The van der Waals surface area contributed by atoms with Gasteiger partial charge in [0.15, 0.2) is 10.9 Å². The van der Waals surface area contributed by atoms with E-state index in [4.69, 9.17) is 23.8 Å². The van der Waals surface area contributed by atoms with Crippen LogP contribution in [0.4, 0.5) is 15.9 Å². The number of hydrogen-bond acceptors (Lipinski definition) is 3. The van der Waals surface area contributed by atoms with Gasteiger partial charge in [0, 0.05) is 16.8 Å². The third-order valence-corrected chi connectivity index (χ3v) is 6.54. The minimum Gasteiger partial charge on any atom is -0.329 e. The molecule has 0 atom stereocenters. The highest BCUT2D eigenvalue weighted by Gasteiger charge is 2.17. The van der Waals surface area contributed by atoms with Gasteiger partial charge in [0.25, 0.3) is 0 Å². The Morgan fingerprint density at radius 2 is 1.79 bits per heavy atom. The Morgan fingerprint density at radius 3 is 2.50 bits per heavy atom. The number of halogens is 3. The smallest absolute Gasteiger partial charge is 0.176 e. The van der Waals surface area contributed by atoms with Crippen molar-refractivity contribution < 1.29 is 4.39 Å². The van der Waals surface area contributed by atoms with Crippen molar-refractivity contribution in [3.05, 3.63) is 92.1 Å². The van der Waals surface area contributed by atoms with Crippen LogP contribution in [0.25, 0.3) is 0 Å². The summed E-state index contributed by atoms with van der Waals surface area (Å²) in [7, 11) is 0. The first-order chi connectivity index (χ1) is 16.2. The van der Waals surface area contributed by atoms with Crippen molar-refractivity contribution in [1.29, 1.82) is 0 Å². The first-order valence-electron chi connectivity index (χ1n) is 10.5. The minimum absolute atomic E-state index is 0.217. The van der Waals surface area contributed by atoms with E-state index in [0.29, 0.717) is 28.1 Å². The van der Waals surface area contributed by atoms with Crippen molar-refractivity contribution in [2.75, 3.05) is 10.6 Å². The Labute approximate surface area is 216 Å². The highest BCUT2D eigenvalue weighted by Crippen LogP contribution is 2.25. The number of benzene rings is 2. The molecule has 0 unspecified atom stereocenters. The van der Waals surface area contributed by atoms with E-state index in [1.165, 1.54) is 11.6 Å². The molecule has 0 fully saturated rings. The van der Waals surface area contributed by atoms with Gasteiger partial charge in [0.2, 0.25) is 0 Å². The highest BCUT2D eigenvalue weighted by molar-refractivity contribution is 9.10. The van der Waals surface area contributed by atoms with Gasteiger partial charge < -0.3 is 10.6 Å². The van der Waals surface area contributed by atoms with Gasteiger partial charge >= 0.3 is 0 Å². The molecule has 0 aliphatic rings. The third kappa shape index (κ3) is 5.48. The first kappa shape index (κ1) is 24.4. The first-order valence-corrected chi connectivity index (χ1v) is 12.1. The molecule has 2 heterocycles. The molecular weight excluding hydrogens is 539 g/mol. The summed E-state index contributed by atoms with van der Waals surface area (Å²) in [5, 5.41) is 16.2. The van der Waals surface area contributed by atoms with E-state index >= 15 is 0 Å². The number of hydrogen-bond donors (Lipinski definition) is 2. The zero-order valence-electron chi connectivity index (χ0n) is 18.9. The molecule has 0 aliphatic carbocycles. The van der Waals surface area contributed by atoms with E-state index in [2.05, 4.69) is 68.0 Å². The van der Waals surface area contributed by atoms with Gasteiger partial charge in [-0.25, -0.2) is 4.39 Å². The van der Waals surface area contributed by atoms with Crippen LogP contribution in [0.1, 0.15) is 28.1 Å². The minimum atomic E-state index is -0.363. The molecule has 2 N–H and O–H groups in total. The van der Waals surface area contributed by atoms with E-state index in [9.17, 15) is 4.39 Å². The summed E-state index contributed by atoms with van der Waals surface area (Å²) >= 11 is 15.2. The van der Waals surface area contributed by atoms with Crippen LogP contribution in [0.2, 0.25) is 5.02 Å². The van der Waals surface area contributed by atoms with Crippen molar-refractivity contribution in [1.82, 2.24) is 19.6 Å². The Morgan fingerprint density at radius 1 is 1.06 bits per heavy atom. The Kier molecular flexibility index (Phi) is 7.35. The average molecular weight is 562 g/mol. The predicted octanol–water partition coefficient (Wildman–Crippen LogP) is 6.47. The van der Waals surface area contributed by atoms with Crippen LogP contribution in [0.15, 0.2) is 53.1 Å². The molecule has 4 rings (SSSR count). The zero-order chi connectivity index (χ0) is 24.4. The molecule has 2 aromatic carbocycles. The van der Waals surface area contributed by atoms with Crippen molar-refractivity contribution in [2.24, 2.45) is 0 Å². The zero-order valence-corrected chi connectivity index (χ0v) is 22.0. The van der Waals surface area contributed by atoms with Gasteiger partial charge in [-0.1, -0.05) is 47.5 Å².